The van der Waals surface area contributed by atoms with Gasteiger partial charge in [-0.25, -0.2) is 9.78 Å². The molecule has 3 heterocycles. The lowest BCUT2D eigenvalue weighted by molar-refractivity contribution is -0.136. The van der Waals surface area contributed by atoms with Crippen molar-refractivity contribution in [3.8, 4) is 0 Å². The molecule has 10 heteroatoms. The highest BCUT2D eigenvalue weighted by Crippen LogP contribution is 2.28. The number of amides is 4. The molecule has 0 radical (unpaired) electrons. The van der Waals surface area contributed by atoms with Crippen molar-refractivity contribution in [3.63, 3.8) is 0 Å². The van der Waals surface area contributed by atoms with Crippen molar-refractivity contribution in [2.75, 3.05) is 0 Å². The number of rotatable bonds is 5. The maximum absolute atomic E-state index is 12.9. The van der Waals surface area contributed by atoms with E-state index in [1.807, 2.05) is 36.4 Å². The van der Waals surface area contributed by atoms with Crippen LogP contribution in [0.15, 0.2) is 42.5 Å². The summed E-state index contributed by atoms with van der Waals surface area (Å²) in [4.78, 5) is 54.5. The van der Waals surface area contributed by atoms with Gasteiger partial charge in [-0.2, -0.15) is 0 Å². The Bertz CT molecular complexity index is 1250. The molecule has 0 aliphatic carbocycles. The fourth-order valence-corrected chi connectivity index (χ4v) is 4.93. The Morgan fingerprint density at radius 1 is 1.21 bits per heavy atom. The summed E-state index contributed by atoms with van der Waals surface area (Å²) in [6.45, 7) is 0.588. The first-order valence-corrected chi connectivity index (χ1v) is 11.3. The molecule has 4 amide bonds. The number of thiazole rings is 1. The molecule has 0 bridgehead atoms. The first-order chi connectivity index (χ1) is 16.0. The number of alkyl carbamates (subject to hydrolysis) is 1. The number of hydrogen-bond donors (Lipinski definition) is 2. The van der Waals surface area contributed by atoms with Gasteiger partial charge >= 0.3 is 6.09 Å². The Labute approximate surface area is 192 Å². The Balaban J connectivity index is 1.17. The number of aromatic nitrogens is 1. The first kappa shape index (κ1) is 21.1. The van der Waals surface area contributed by atoms with E-state index in [2.05, 4.69) is 15.6 Å². The van der Waals surface area contributed by atoms with E-state index in [-0.39, 0.29) is 31.4 Å². The highest BCUT2D eigenvalue weighted by molar-refractivity contribution is 7.18. The molecule has 1 unspecified atom stereocenters. The largest absolute Gasteiger partial charge is 0.442 e. The first-order valence-electron chi connectivity index (χ1n) is 10.5. The number of para-hydroxylation sites is 1. The van der Waals surface area contributed by atoms with E-state index >= 15 is 0 Å². The molecule has 0 saturated carbocycles. The van der Waals surface area contributed by atoms with Gasteiger partial charge in [-0.1, -0.05) is 24.3 Å². The molecule has 2 aliphatic rings. The van der Waals surface area contributed by atoms with Gasteiger partial charge in [-0.05, 0) is 35.7 Å². The number of ether oxygens (including phenoxy) is 1. The molecule has 1 atom stereocenters. The van der Waals surface area contributed by atoms with Gasteiger partial charge in [0, 0.05) is 25.1 Å². The van der Waals surface area contributed by atoms with E-state index < -0.39 is 18.0 Å². The zero-order valence-corrected chi connectivity index (χ0v) is 18.3. The summed E-state index contributed by atoms with van der Waals surface area (Å²) in [6, 6.07) is 12.4. The van der Waals surface area contributed by atoms with Crippen LogP contribution in [-0.4, -0.2) is 39.7 Å². The maximum atomic E-state index is 12.9. The van der Waals surface area contributed by atoms with E-state index in [1.54, 1.807) is 6.07 Å². The van der Waals surface area contributed by atoms with E-state index in [9.17, 15) is 19.2 Å². The van der Waals surface area contributed by atoms with E-state index in [0.29, 0.717) is 23.5 Å². The smallest absolute Gasteiger partial charge is 0.407 e. The van der Waals surface area contributed by atoms with Crippen LogP contribution >= 0.6 is 11.3 Å². The predicted octanol–water partition coefficient (Wildman–Crippen LogP) is 2.48. The zero-order chi connectivity index (χ0) is 22.9. The molecule has 168 valence electrons. The van der Waals surface area contributed by atoms with Crippen LogP contribution in [-0.2, 0) is 34.0 Å². The van der Waals surface area contributed by atoms with Gasteiger partial charge in [0.25, 0.3) is 5.91 Å². The number of carbonyl (C=O) groups is 4. The Morgan fingerprint density at radius 2 is 2.06 bits per heavy atom. The summed E-state index contributed by atoms with van der Waals surface area (Å²) in [5, 5.41) is 5.69. The molecular weight excluding hydrogens is 444 g/mol. The molecule has 3 aromatic rings. The number of carbonyl (C=O) groups excluding carboxylic acids is 4. The second kappa shape index (κ2) is 8.62. The van der Waals surface area contributed by atoms with Gasteiger partial charge in [-0.15, -0.1) is 11.3 Å². The summed E-state index contributed by atoms with van der Waals surface area (Å²) >= 11 is 1.47. The van der Waals surface area contributed by atoms with Crippen LogP contribution < -0.4 is 10.6 Å². The highest BCUT2D eigenvalue weighted by Gasteiger charge is 2.39. The molecule has 1 aromatic heterocycles. The average molecular weight is 465 g/mol. The van der Waals surface area contributed by atoms with Crippen LogP contribution in [0.5, 0.6) is 0 Å². The third-order valence-electron chi connectivity index (χ3n) is 5.69. The standard InChI is InChI=1S/C23H20N4O5S/c28-19-8-7-17(21(29)26-19)27-11-14-6-5-13(9-15(14)22(27)30)10-24-23(31)32-12-20-25-16-3-1-2-4-18(16)33-20/h1-6,9,17H,7-8,10-12H2,(H,24,31)(H,26,28,29). The Morgan fingerprint density at radius 3 is 2.88 bits per heavy atom. The van der Waals surface area contributed by atoms with E-state index in [0.717, 1.165) is 21.3 Å². The number of fused-ring (bicyclic) bond motifs is 2. The molecule has 2 N–H and O–H groups in total. The molecule has 1 fully saturated rings. The minimum atomic E-state index is -0.651. The highest BCUT2D eigenvalue weighted by atomic mass is 32.1. The van der Waals surface area contributed by atoms with Gasteiger partial charge in [0.1, 0.15) is 17.7 Å². The molecular formula is C23H20N4O5S. The lowest BCUT2D eigenvalue weighted by atomic mass is 10.0. The van der Waals surface area contributed by atoms with Crippen LogP contribution in [0.4, 0.5) is 4.79 Å². The summed E-state index contributed by atoms with van der Waals surface area (Å²) in [6.07, 6.45) is -0.0457. The molecule has 2 aromatic carbocycles. The summed E-state index contributed by atoms with van der Waals surface area (Å²) in [5.74, 6) is -1.01. The molecule has 9 nitrogen and oxygen atoms in total. The number of piperidine rings is 1. The number of hydrogen-bond acceptors (Lipinski definition) is 7. The normalized spacial score (nSPS) is 17.8. The molecule has 5 rings (SSSR count). The number of benzene rings is 2. The lowest BCUT2D eigenvalue weighted by Crippen LogP contribution is -2.52. The van der Waals surface area contributed by atoms with Crippen molar-refractivity contribution in [1.82, 2.24) is 20.5 Å². The third-order valence-corrected chi connectivity index (χ3v) is 6.70. The lowest BCUT2D eigenvalue weighted by Gasteiger charge is -2.29. The zero-order valence-electron chi connectivity index (χ0n) is 17.5. The van der Waals surface area contributed by atoms with Crippen LogP contribution in [0.2, 0.25) is 0 Å². The SMILES string of the molecule is O=C1CCC(N2Cc3ccc(CNC(=O)OCc4nc5ccccc5s4)cc3C2=O)C(=O)N1. The van der Waals surface area contributed by atoms with E-state index in [1.165, 1.54) is 16.2 Å². The van der Waals surface area contributed by atoms with Gasteiger partial charge in [0.2, 0.25) is 11.8 Å². The monoisotopic (exact) mass is 464 g/mol. The summed E-state index contributed by atoms with van der Waals surface area (Å²) in [5.41, 5.74) is 2.92. The van der Waals surface area contributed by atoms with E-state index in [4.69, 9.17) is 4.74 Å². The van der Waals surface area contributed by atoms with Gasteiger partial charge < -0.3 is 15.0 Å². The molecule has 1 saturated heterocycles. The molecule has 0 spiro atoms. The summed E-state index contributed by atoms with van der Waals surface area (Å²) in [7, 11) is 0. The van der Waals surface area contributed by atoms with Crippen molar-refractivity contribution in [1.29, 1.82) is 0 Å². The van der Waals surface area contributed by atoms with Crippen molar-refractivity contribution >= 4 is 45.4 Å². The number of nitrogens with zero attached hydrogens (tertiary/aromatic N) is 2. The minimum Gasteiger partial charge on any atom is -0.442 e. The summed E-state index contributed by atoms with van der Waals surface area (Å²) < 4.78 is 6.29. The fraction of sp³-hybridized carbons (Fsp3) is 0.261. The maximum Gasteiger partial charge on any atom is 0.407 e. The molecule has 33 heavy (non-hydrogen) atoms. The quantitative estimate of drug-likeness (QED) is 0.560. The van der Waals surface area contributed by atoms with Crippen molar-refractivity contribution in [2.45, 2.75) is 38.6 Å². The van der Waals surface area contributed by atoms with Crippen LogP contribution in [0.1, 0.15) is 39.3 Å². The number of nitrogens with one attached hydrogen (secondary N) is 2. The number of imide groups is 1. The fourth-order valence-electron chi connectivity index (χ4n) is 4.05. The van der Waals surface area contributed by atoms with Crippen LogP contribution in [0.25, 0.3) is 10.2 Å². The van der Waals surface area contributed by atoms with Crippen molar-refractivity contribution < 1.29 is 23.9 Å². The third kappa shape index (κ3) is 4.29. The minimum absolute atomic E-state index is 0.0781. The average Bonchev–Trinajstić information content (AvgIpc) is 3.37. The topological polar surface area (TPSA) is 118 Å². The van der Waals surface area contributed by atoms with Gasteiger partial charge in [-0.3, -0.25) is 19.7 Å². The van der Waals surface area contributed by atoms with Crippen molar-refractivity contribution in [3.05, 3.63) is 64.2 Å². The second-order valence-electron chi connectivity index (χ2n) is 7.90. The van der Waals surface area contributed by atoms with Gasteiger partial charge in [0.05, 0.1) is 10.2 Å². The Kier molecular flexibility index (Phi) is 5.51. The van der Waals surface area contributed by atoms with Gasteiger partial charge in [0.15, 0.2) is 0 Å². The second-order valence-corrected chi connectivity index (χ2v) is 9.01. The Hall–Kier alpha value is -3.79. The van der Waals surface area contributed by atoms with Crippen LogP contribution in [0, 0.1) is 0 Å². The van der Waals surface area contributed by atoms with Crippen LogP contribution in [0.3, 0.4) is 0 Å². The predicted molar refractivity (Wildman–Crippen MR) is 119 cm³/mol. The van der Waals surface area contributed by atoms with Crippen molar-refractivity contribution in [2.24, 2.45) is 0 Å². The molecule has 2 aliphatic heterocycles.